The van der Waals surface area contributed by atoms with Gasteiger partial charge < -0.3 is 5.11 Å². The van der Waals surface area contributed by atoms with Crippen LogP contribution in [0.2, 0.25) is 0 Å². The Morgan fingerprint density at radius 2 is 1.57 bits per heavy atom. The summed E-state index contributed by atoms with van der Waals surface area (Å²) in [6.07, 6.45) is 0. The molecule has 0 aliphatic rings. The highest BCUT2D eigenvalue weighted by molar-refractivity contribution is 7.89. The van der Waals surface area contributed by atoms with Crippen LogP contribution in [0.15, 0.2) is 67.6 Å². The van der Waals surface area contributed by atoms with Gasteiger partial charge in [-0.2, -0.15) is 5.26 Å². The quantitative estimate of drug-likeness (QED) is 0.234. The van der Waals surface area contributed by atoms with E-state index >= 15 is 0 Å². The van der Waals surface area contributed by atoms with Crippen LogP contribution in [-0.2, 0) is 20.0 Å². The van der Waals surface area contributed by atoms with Gasteiger partial charge in [0.05, 0.1) is 15.5 Å². The minimum absolute atomic E-state index is 0.0966. The van der Waals surface area contributed by atoms with Crippen molar-refractivity contribution in [1.29, 1.82) is 5.26 Å². The van der Waals surface area contributed by atoms with Gasteiger partial charge in [-0.05, 0) is 36.4 Å². The largest absolute Gasteiger partial charge is 0.506 e. The molecule has 14 heteroatoms. The Balaban J connectivity index is 2.17. The Hall–Kier alpha value is -3.38. The van der Waals surface area contributed by atoms with Crippen LogP contribution in [0.5, 0.6) is 5.75 Å². The number of benzene rings is 2. The van der Waals surface area contributed by atoms with Crippen LogP contribution >= 0.6 is 0 Å². The van der Waals surface area contributed by atoms with Crippen molar-refractivity contribution in [2.45, 2.75) is 9.79 Å². The van der Waals surface area contributed by atoms with E-state index < -0.39 is 31.6 Å². The standard InChI is InChI=1S/C14H13N7O5S2/c15-8-14(20-18-9-1-3-10(4-2-9)27(16,23)24)21-19-12-6-5-11(7-13(12)22)28(17,25)26/h1-7,18,22H,(H2,16,23,24)(H2,17,25,26)/b20-14+,21-19?. The van der Waals surface area contributed by atoms with Crippen LogP contribution in [0.4, 0.5) is 11.4 Å². The lowest BCUT2D eigenvalue weighted by Gasteiger charge is -2.02. The second-order valence-corrected chi connectivity index (χ2v) is 8.25. The highest BCUT2D eigenvalue weighted by Gasteiger charge is 2.11. The van der Waals surface area contributed by atoms with Gasteiger partial charge in [-0.25, -0.2) is 27.1 Å². The topological polar surface area (TPSA) is 213 Å². The van der Waals surface area contributed by atoms with Gasteiger partial charge in [0.25, 0.3) is 5.84 Å². The molecule has 0 saturated carbocycles. The van der Waals surface area contributed by atoms with Gasteiger partial charge in [0, 0.05) is 6.07 Å². The number of hydrazone groups is 1. The van der Waals surface area contributed by atoms with Crippen LogP contribution in [0.25, 0.3) is 0 Å². The van der Waals surface area contributed by atoms with Crippen molar-refractivity contribution in [3.63, 3.8) is 0 Å². The van der Waals surface area contributed by atoms with Crippen molar-refractivity contribution in [2.75, 3.05) is 5.43 Å². The molecule has 6 N–H and O–H groups in total. The molecule has 146 valence electrons. The molecule has 0 radical (unpaired) electrons. The lowest BCUT2D eigenvalue weighted by Crippen LogP contribution is -2.11. The zero-order valence-corrected chi connectivity index (χ0v) is 15.5. The molecule has 2 aromatic carbocycles. The van der Waals surface area contributed by atoms with Gasteiger partial charge in [0.1, 0.15) is 17.5 Å². The molecular weight excluding hydrogens is 410 g/mol. The molecule has 2 aromatic rings. The summed E-state index contributed by atoms with van der Waals surface area (Å²) in [7, 11) is -7.82. The average molecular weight is 423 g/mol. The van der Waals surface area contributed by atoms with Crippen molar-refractivity contribution >= 4 is 37.3 Å². The summed E-state index contributed by atoms with van der Waals surface area (Å²) < 4.78 is 44.8. The molecular formula is C14H13N7O5S2. The van der Waals surface area contributed by atoms with E-state index in [0.717, 1.165) is 18.2 Å². The maximum absolute atomic E-state index is 11.2. The molecule has 0 spiro atoms. The number of nitrogens with zero attached hydrogens (tertiary/aromatic N) is 4. The minimum Gasteiger partial charge on any atom is -0.506 e. The Kier molecular flexibility index (Phi) is 6.06. The summed E-state index contributed by atoms with van der Waals surface area (Å²) in [5.41, 5.74) is 2.70. The first-order valence-corrected chi connectivity index (χ1v) is 10.2. The number of anilines is 1. The molecule has 0 amide bonds. The molecule has 0 fully saturated rings. The van der Waals surface area contributed by atoms with Gasteiger partial charge in [0.2, 0.25) is 20.0 Å². The van der Waals surface area contributed by atoms with E-state index in [0.29, 0.717) is 5.69 Å². The number of rotatable bonds is 5. The molecule has 0 bridgehead atoms. The normalized spacial score (nSPS) is 12.7. The fourth-order valence-corrected chi connectivity index (χ4v) is 2.82. The highest BCUT2D eigenvalue weighted by Crippen LogP contribution is 2.28. The lowest BCUT2D eigenvalue weighted by atomic mass is 10.3. The molecule has 0 unspecified atom stereocenters. The predicted molar refractivity (Wildman–Crippen MR) is 98.5 cm³/mol. The predicted octanol–water partition coefficient (Wildman–Crippen LogP) is 0.720. The molecule has 0 saturated heterocycles. The minimum atomic E-state index is -3.99. The third-order valence-electron chi connectivity index (χ3n) is 3.10. The van der Waals surface area contributed by atoms with Crippen LogP contribution in [0.3, 0.4) is 0 Å². The maximum Gasteiger partial charge on any atom is 0.270 e. The molecule has 12 nitrogen and oxygen atoms in total. The van der Waals surface area contributed by atoms with E-state index in [1.165, 1.54) is 24.3 Å². The summed E-state index contributed by atoms with van der Waals surface area (Å²) in [6, 6.07) is 10.0. The SMILES string of the molecule is N#C/C(N=Nc1ccc(S(N)(=O)=O)cc1O)=N\Nc1ccc(S(N)(=O)=O)cc1. The number of nitrogens with one attached hydrogen (secondary N) is 1. The van der Waals surface area contributed by atoms with E-state index in [1.54, 1.807) is 6.07 Å². The Labute approximate surface area is 159 Å². The van der Waals surface area contributed by atoms with E-state index in [4.69, 9.17) is 15.5 Å². The van der Waals surface area contributed by atoms with E-state index in [-0.39, 0.29) is 15.5 Å². The first-order chi connectivity index (χ1) is 13.0. The van der Waals surface area contributed by atoms with E-state index in [1.807, 2.05) is 0 Å². The first-order valence-electron chi connectivity index (χ1n) is 7.15. The molecule has 2 rings (SSSR count). The second-order valence-electron chi connectivity index (χ2n) is 5.12. The van der Waals surface area contributed by atoms with Crippen molar-refractivity contribution in [2.24, 2.45) is 25.6 Å². The zero-order chi connectivity index (χ0) is 20.9. The number of hydrogen-bond donors (Lipinski definition) is 4. The molecule has 28 heavy (non-hydrogen) atoms. The number of sulfonamides is 2. The van der Waals surface area contributed by atoms with Crippen LogP contribution in [0.1, 0.15) is 0 Å². The molecule has 0 aromatic heterocycles. The third kappa shape index (κ3) is 5.56. The second kappa shape index (κ2) is 8.10. The van der Waals surface area contributed by atoms with Crippen molar-refractivity contribution < 1.29 is 21.9 Å². The third-order valence-corrected chi connectivity index (χ3v) is 4.94. The summed E-state index contributed by atoms with van der Waals surface area (Å²) in [5.74, 6) is -0.940. The smallest absolute Gasteiger partial charge is 0.270 e. The van der Waals surface area contributed by atoms with E-state index in [2.05, 4.69) is 20.8 Å². The van der Waals surface area contributed by atoms with Crippen LogP contribution in [-0.4, -0.2) is 27.8 Å². The number of amidine groups is 1. The Bertz CT molecular complexity index is 1200. The van der Waals surface area contributed by atoms with Crippen molar-refractivity contribution in [1.82, 2.24) is 0 Å². The van der Waals surface area contributed by atoms with Gasteiger partial charge in [-0.1, -0.05) is 0 Å². The summed E-state index contributed by atoms with van der Waals surface area (Å²) in [4.78, 5) is -0.414. The Morgan fingerprint density at radius 1 is 1.00 bits per heavy atom. The zero-order valence-electron chi connectivity index (χ0n) is 13.9. The number of aromatic hydroxyl groups is 1. The lowest BCUT2D eigenvalue weighted by molar-refractivity contribution is 0.474. The first kappa shape index (κ1) is 20.9. The molecule has 0 atom stereocenters. The van der Waals surface area contributed by atoms with Gasteiger partial charge in [-0.3, -0.25) is 5.43 Å². The average Bonchev–Trinajstić information content (AvgIpc) is 2.61. The van der Waals surface area contributed by atoms with Crippen molar-refractivity contribution in [3.8, 4) is 11.8 Å². The summed E-state index contributed by atoms with van der Waals surface area (Å²) >= 11 is 0. The fourth-order valence-electron chi connectivity index (χ4n) is 1.77. The number of phenols is 1. The van der Waals surface area contributed by atoms with Crippen LogP contribution < -0.4 is 15.7 Å². The maximum atomic E-state index is 11.2. The van der Waals surface area contributed by atoms with Crippen LogP contribution in [0, 0.1) is 11.3 Å². The van der Waals surface area contributed by atoms with Gasteiger partial charge >= 0.3 is 0 Å². The highest BCUT2D eigenvalue weighted by atomic mass is 32.2. The van der Waals surface area contributed by atoms with Crippen molar-refractivity contribution in [3.05, 3.63) is 42.5 Å². The molecule has 0 aliphatic heterocycles. The Morgan fingerprint density at radius 3 is 2.07 bits per heavy atom. The number of nitrogens with two attached hydrogens (primary N) is 2. The number of azo groups is 1. The molecule has 0 aliphatic carbocycles. The number of nitriles is 1. The fraction of sp³-hybridized carbons (Fsp3) is 0. The number of phenolic OH excluding ortho intramolecular Hbond substituents is 1. The van der Waals surface area contributed by atoms with E-state index in [9.17, 15) is 21.9 Å². The van der Waals surface area contributed by atoms with Gasteiger partial charge in [-0.15, -0.1) is 15.3 Å². The molecule has 0 heterocycles. The monoisotopic (exact) mass is 423 g/mol. The number of primary sulfonamides is 2. The summed E-state index contributed by atoms with van der Waals surface area (Å²) in [5, 5.41) is 39.5. The summed E-state index contributed by atoms with van der Waals surface area (Å²) in [6.45, 7) is 0. The van der Waals surface area contributed by atoms with Gasteiger partial charge in [0.15, 0.2) is 0 Å². The number of hydrogen-bond acceptors (Lipinski definition) is 9.